The minimum absolute atomic E-state index is 0.0946. The molecule has 0 bridgehead atoms. The van der Waals surface area contributed by atoms with Crippen LogP contribution in [0.3, 0.4) is 0 Å². The summed E-state index contributed by atoms with van der Waals surface area (Å²) < 4.78 is 25.6. The van der Waals surface area contributed by atoms with E-state index in [9.17, 15) is 13.2 Å². The van der Waals surface area contributed by atoms with Crippen molar-refractivity contribution in [3.05, 3.63) is 53.7 Å². The molecule has 2 aromatic rings. The van der Waals surface area contributed by atoms with Crippen LogP contribution in [0.15, 0.2) is 47.5 Å². The molecule has 0 radical (unpaired) electrons. The van der Waals surface area contributed by atoms with Crippen molar-refractivity contribution in [3.8, 4) is 0 Å². The number of pyridine rings is 1. The fourth-order valence-corrected chi connectivity index (χ4v) is 2.96. The molecule has 1 amide bonds. The van der Waals surface area contributed by atoms with Crippen LogP contribution in [0.4, 0.5) is 5.82 Å². The molecule has 1 aromatic carbocycles. The molecule has 1 fully saturated rings. The van der Waals surface area contributed by atoms with E-state index in [1.807, 2.05) is 0 Å². The number of hydrogen-bond acceptors (Lipinski definition) is 5. The first kappa shape index (κ1) is 17.4. The second-order valence-electron chi connectivity index (χ2n) is 5.88. The second kappa shape index (κ2) is 7.20. The summed E-state index contributed by atoms with van der Waals surface area (Å²) in [5, 5.41) is 6.06. The maximum atomic E-state index is 11.9. The number of aromatic nitrogens is 1. The molecule has 1 saturated carbocycles. The molecular formula is C17H20N4O3S. The van der Waals surface area contributed by atoms with E-state index in [0.29, 0.717) is 24.0 Å². The summed E-state index contributed by atoms with van der Waals surface area (Å²) in [6.07, 6.45) is 3.64. The van der Waals surface area contributed by atoms with Gasteiger partial charge in [0.2, 0.25) is 10.0 Å². The summed E-state index contributed by atoms with van der Waals surface area (Å²) in [6, 6.07) is 10.4. The molecule has 0 aliphatic heterocycles. The molecule has 1 heterocycles. The number of hydrogen-bond donors (Lipinski definition) is 3. The molecule has 0 saturated heterocycles. The Labute approximate surface area is 146 Å². The van der Waals surface area contributed by atoms with E-state index in [4.69, 9.17) is 0 Å². The second-order valence-corrected chi connectivity index (χ2v) is 7.77. The van der Waals surface area contributed by atoms with Crippen molar-refractivity contribution >= 4 is 21.7 Å². The lowest BCUT2D eigenvalue weighted by molar-refractivity contribution is 0.0950. The first-order valence-corrected chi connectivity index (χ1v) is 9.49. The van der Waals surface area contributed by atoms with Crippen LogP contribution in [-0.2, 0) is 16.6 Å². The van der Waals surface area contributed by atoms with Gasteiger partial charge in [-0.25, -0.2) is 18.1 Å². The number of benzene rings is 1. The number of nitrogens with zero attached hydrogens (tertiary/aromatic N) is 1. The number of sulfonamides is 1. The molecule has 3 rings (SSSR count). The molecule has 1 aliphatic carbocycles. The highest BCUT2D eigenvalue weighted by atomic mass is 32.2. The molecule has 1 aliphatic rings. The predicted molar refractivity (Wildman–Crippen MR) is 94.7 cm³/mol. The largest absolute Gasteiger partial charge is 0.366 e. The van der Waals surface area contributed by atoms with E-state index in [1.54, 1.807) is 42.6 Å². The first-order valence-electron chi connectivity index (χ1n) is 8.01. The molecule has 0 atom stereocenters. The molecule has 3 N–H and O–H groups in total. The SMILES string of the molecule is CNS(=O)(=O)c1ccc(CNc2ccc(C(=O)NC3CC3)cn2)cc1. The highest BCUT2D eigenvalue weighted by Gasteiger charge is 2.23. The zero-order valence-electron chi connectivity index (χ0n) is 13.8. The Morgan fingerprint density at radius 3 is 2.44 bits per heavy atom. The zero-order chi connectivity index (χ0) is 17.9. The van der Waals surface area contributed by atoms with Crippen LogP contribution in [0.2, 0.25) is 0 Å². The van der Waals surface area contributed by atoms with Crippen molar-refractivity contribution in [2.24, 2.45) is 0 Å². The van der Waals surface area contributed by atoms with E-state index >= 15 is 0 Å². The molecule has 0 spiro atoms. The van der Waals surface area contributed by atoms with Crippen molar-refractivity contribution < 1.29 is 13.2 Å². The smallest absolute Gasteiger partial charge is 0.253 e. The Hall–Kier alpha value is -2.45. The van der Waals surface area contributed by atoms with E-state index in [2.05, 4.69) is 20.3 Å². The summed E-state index contributed by atoms with van der Waals surface area (Å²) in [6.45, 7) is 0.500. The highest BCUT2D eigenvalue weighted by molar-refractivity contribution is 7.89. The zero-order valence-corrected chi connectivity index (χ0v) is 14.6. The molecular weight excluding hydrogens is 340 g/mol. The van der Waals surface area contributed by atoms with Crippen molar-refractivity contribution in [3.63, 3.8) is 0 Å². The van der Waals surface area contributed by atoms with Gasteiger partial charge in [-0.15, -0.1) is 0 Å². The van der Waals surface area contributed by atoms with Gasteiger partial charge < -0.3 is 10.6 Å². The van der Waals surface area contributed by atoms with Gasteiger partial charge in [0.25, 0.3) is 5.91 Å². The number of nitrogens with one attached hydrogen (secondary N) is 3. The third-order valence-corrected chi connectivity index (χ3v) is 5.34. The lowest BCUT2D eigenvalue weighted by Gasteiger charge is -2.08. The standard InChI is InChI=1S/C17H20N4O3S/c1-18-25(23,24)15-7-2-12(3-8-15)10-19-16-9-4-13(11-20-16)17(22)21-14-5-6-14/h2-4,7-9,11,14,18H,5-6,10H2,1H3,(H,19,20)(H,21,22). The van der Waals surface area contributed by atoms with Crippen LogP contribution in [0.5, 0.6) is 0 Å². The van der Waals surface area contributed by atoms with Gasteiger partial charge in [-0.3, -0.25) is 4.79 Å². The first-order chi connectivity index (χ1) is 12.0. The predicted octanol–water partition coefficient (Wildman–Crippen LogP) is 1.49. The highest BCUT2D eigenvalue weighted by Crippen LogP contribution is 2.19. The average Bonchev–Trinajstić information content (AvgIpc) is 3.44. The normalized spacial score (nSPS) is 14.1. The summed E-state index contributed by atoms with van der Waals surface area (Å²) >= 11 is 0. The summed E-state index contributed by atoms with van der Waals surface area (Å²) in [7, 11) is -2.04. The lowest BCUT2D eigenvalue weighted by atomic mass is 10.2. The van der Waals surface area contributed by atoms with E-state index in [-0.39, 0.29) is 10.8 Å². The molecule has 0 unspecified atom stereocenters. The van der Waals surface area contributed by atoms with Crippen LogP contribution in [0, 0.1) is 0 Å². The maximum Gasteiger partial charge on any atom is 0.253 e. The summed E-state index contributed by atoms with van der Waals surface area (Å²) in [4.78, 5) is 16.4. The number of anilines is 1. The topological polar surface area (TPSA) is 100 Å². The van der Waals surface area contributed by atoms with Gasteiger partial charge in [0.15, 0.2) is 0 Å². The molecule has 132 valence electrons. The Morgan fingerprint density at radius 2 is 1.88 bits per heavy atom. The Morgan fingerprint density at radius 1 is 1.16 bits per heavy atom. The number of rotatable bonds is 7. The molecule has 25 heavy (non-hydrogen) atoms. The average molecular weight is 360 g/mol. The van der Waals surface area contributed by atoms with Crippen LogP contribution in [-0.4, -0.2) is 32.4 Å². The molecule has 7 nitrogen and oxygen atoms in total. The van der Waals surface area contributed by atoms with Crippen LogP contribution >= 0.6 is 0 Å². The fraction of sp³-hybridized carbons (Fsp3) is 0.294. The van der Waals surface area contributed by atoms with Crippen molar-refractivity contribution in [2.45, 2.75) is 30.3 Å². The van der Waals surface area contributed by atoms with Crippen LogP contribution in [0.1, 0.15) is 28.8 Å². The van der Waals surface area contributed by atoms with Gasteiger partial charge in [-0.2, -0.15) is 0 Å². The summed E-state index contributed by atoms with van der Waals surface area (Å²) in [5.41, 5.74) is 1.46. The minimum Gasteiger partial charge on any atom is -0.366 e. The van der Waals surface area contributed by atoms with Gasteiger partial charge in [0.05, 0.1) is 10.5 Å². The quantitative estimate of drug-likeness (QED) is 0.695. The van der Waals surface area contributed by atoms with E-state index < -0.39 is 10.0 Å². The monoisotopic (exact) mass is 360 g/mol. The minimum atomic E-state index is -3.42. The van der Waals surface area contributed by atoms with Gasteiger partial charge in [0.1, 0.15) is 5.82 Å². The van der Waals surface area contributed by atoms with Crippen molar-refractivity contribution in [1.82, 2.24) is 15.0 Å². The Kier molecular flexibility index (Phi) is 5.00. The third-order valence-electron chi connectivity index (χ3n) is 3.91. The third kappa shape index (κ3) is 4.55. The van der Waals surface area contributed by atoms with E-state index in [0.717, 1.165) is 18.4 Å². The molecule has 1 aromatic heterocycles. The van der Waals surface area contributed by atoms with E-state index in [1.165, 1.54) is 7.05 Å². The van der Waals surface area contributed by atoms with Crippen molar-refractivity contribution in [2.75, 3.05) is 12.4 Å². The van der Waals surface area contributed by atoms with Gasteiger partial charge in [0, 0.05) is 18.8 Å². The van der Waals surface area contributed by atoms with Crippen LogP contribution in [0.25, 0.3) is 0 Å². The van der Waals surface area contributed by atoms with Gasteiger partial charge >= 0.3 is 0 Å². The fourth-order valence-electron chi connectivity index (χ4n) is 2.23. The van der Waals surface area contributed by atoms with Crippen LogP contribution < -0.4 is 15.4 Å². The maximum absolute atomic E-state index is 11.9. The van der Waals surface area contributed by atoms with Gasteiger partial charge in [-0.1, -0.05) is 12.1 Å². The Balaban J connectivity index is 1.57. The molecule has 8 heteroatoms. The van der Waals surface area contributed by atoms with Crippen molar-refractivity contribution in [1.29, 1.82) is 0 Å². The Bertz CT molecular complexity index is 844. The summed E-state index contributed by atoms with van der Waals surface area (Å²) in [5.74, 6) is 0.553. The lowest BCUT2D eigenvalue weighted by Crippen LogP contribution is -2.25. The number of carbonyl (C=O) groups excluding carboxylic acids is 1. The number of carbonyl (C=O) groups is 1. The van der Waals surface area contributed by atoms with Gasteiger partial charge in [-0.05, 0) is 49.7 Å². The number of amides is 1.